The van der Waals surface area contributed by atoms with Gasteiger partial charge < -0.3 is 10.1 Å². The first-order valence-corrected chi connectivity index (χ1v) is 6.51. The maximum absolute atomic E-state index is 11.6. The van der Waals surface area contributed by atoms with Crippen LogP contribution >= 0.6 is 0 Å². The number of carbonyl (C=O) groups excluding carboxylic acids is 1. The lowest BCUT2D eigenvalue weighted by Crippen LogP contribution is -2.11. The second kappa shape index (κ2) is 7.56. The van der Waals surface area contributed by atoms with Gasteiger partial charge in [-0.05, 0) is 18.4 Å². The van der Waals surface area contributed by atoms with E-state index in [9.17, 15) is 4.79 Å². The fourth-order valence-electron chi connectivity index (χ4n) is 1.75. The number of nitrogens with zero attached hydrogens (tertiary/aromatic N) is 1. The van der Waals surface area contributed by atoms with Gasteiger partial charge in [0.1, 0.15) is 0 Å². The SMILES string of the molecule is C=C(CNc1cnccc1C(=O)OC)CC(C)CC. The first kappa shape index (κ1) is 15.2. The van der Waals surface area contributed by atoms with Crippen molar-refractivity contribution >= 4 is 11.7 Å². The molecule has 4 nitrogen and oxygen atoms in total. The molecule has 1 aromatic rings. The third-order valence-electron chi connectivity index (χ3n) is 3.09. The lowest BCUT2D eigenvalue weighted by molar-refractivity contribution is 0.0601. The highest BCUT2D eigenvalue weighted by Crippen LogP contribution is 2.17. The molecule has 1 N–H and O–H groups in total. The Hall–Kier alpha value is -1.84. The summed E-state index contributed by atoms with van der Waals surface area (Å²) in [4.78, 5) is 15.6. The number of pyridine rings is 1. The number of nitrogens with one attached hydrogen (secondary N) is 1. The van der Waals surface area contributed by atoms with Crippen LogP contribution in [0.1, 0.15) is 37.0 Å². The van der Waals surface area contributed by atoms with Crippen molar-refractivity contribution in [1.82, 2.24) is 4.98 Å². The number of aromatic nitrogens is 1. The molecule has 0 radical (unpaired) electrons. The zero-order valence-electron chi connectivity index (χ0n) is 11.9. The zero-order valence-corrected chi connectivity index (χ0v) is 11.9. The van der Waals surface area contributed by atoms with Gasteiger partial charge in [0.15, 0.2) is 0 Å². The number of carbonyl (C=O) groups is 1. The molecule has 0 spiro atoms. The first-order chi connectivity index (χ1) is 9.08. The molecule has 104 valence electrons. The van der Waals surface area contributed by atoms with Gasteiger partial charge in [0.05, 0.1) is 24.6 Å². The minimum atomic E-state index is -0.363. The minimum absolute atomic E-state index is 0.363. The topological polar surface area (TPSA) is 51.2 Å². The van der Waals surface area contributed by atoms with Crippen LogP contribution in [0.2, 0.25) is 0 Å². The van der Waals surface area contributed by atoms with E-state index in [4.69, 9.17) is 4.74 Å². The fraction of sp³-hybridized carbons (Fsp3) is 0.467. The molecule has 4 heteroatoms. The Kier molecular flexibility index (Phi) is 6.06. The average molecular weight is 262 g/mol. The normalized spacial score (nSPS) is 11.7. The third kappa shape index (κ3) is 4.73. The predicted octanol–water partition coefficient (Wildman–Crippen LogP) is 3.27. The van der Waals surface area contributed by atoms with E-state index in [0.717, 1.165) is 18.4 Å². The second-order valence-electron chi connectivity index (χ2n) is 4.73. The van der Waals surface area contributed by atoms with Gasteiger partial charge in [0.2, 0.25) is 0 Å². The van der Waals surface area contributed by atoms with E-state index < -0.39 is 0 Å². The summed E-state index contributed by atoms with van der Waals surface area (Å²) in [7, 11) is 1.37. The molecule has 1 atom stereocenters. The lowest BCUT2D eigenvalue weighted by atomic mass is 10.00. The Labute approximate surface area is 114 Å². The molecule has 1 rings (SSSR count). The van der Waals surface area contributed by atoms with Crippen molar-refractivity contribution in [2.75, 3.05) is 19.0 Å². The van der Waals surface area contributed by atoms with Gasteiger partial charge in [-0.3, -0.25) is 4.98 Å². The quantitative estimate of drug-likeness (QED) is 0.605. The van der Waals surface area contributed by atoms with Crippen LogP contribution in [0.3, 0.4) is 0 Å². The predicted molar refractivity (Wildman–Crippen MR) is 77.3 cm³/mol. The summed E-state index contributed by atoms with van der Waals surface area (Å²) in [6.45, 7) is 9.06. The van der Waals surface area contributed by atoms with Crippen LogP contribution in [0.4, 0.5) is 5.69 Å². The third-order valence-corrected chi connectivity index (χ3v) is 3.09. The van der Waals surface area contributed by atoms with E-state index in [1.54, 1.807) is 18.5 Å². The standard InChI is InChI=1S/C15H22N2O2/c1-5-11(2)8-12(3)9-17-14-10-16-7-6-13(14)15(18)19-4/h6-7,10-11,17H,3,5,8-9H2,1-2,4H3. The Morgan fingerprint density at radius 1 is 1.58 bits per heavy atom. The van der Waals surface area contributed by atoms with Crippen molar-refractivity contribution in [1.29, 1.82) is 0 Å². The minimum Gasteiger partial charge on any atom is -0.465 e. The molecule has 19 heavy (non-hydrogen) atoms. The maximum atomic E-state index is 11.6. The van der Waals surface area contributed by atoms with Crippen LogP contribution in [-0.4, -0.2) is 24.6 Å². The van der Waals surface area contributed by atoms with E-state index in [0.29, 0.717) is 23.7 Å². The summed E-state index contributed by atoms with van der Waals surface area (Å²) in [5.74, 6) is 0.265. The Morgan fingerprint density at radius 2 is 2.32 bits per heavy atom. The largest absolute Gasteiger partial charge is 0.465 e. The van der Waals surface area contributed by atoms with Gasteiger partial charge in [-0.15, -0.1) is 0 Å². The van der Waals surface area contributed by atoms with Gasteiger partial charge in [0.25, 0.3) is 0 Å². The zero-order chi connectivity index (χ0) is 14.3. The number of rotatable bonds is 7. The van der Waals surface area contributed by atoms with Crippen LogP contribution in [0.15, 0.2) is 30.6 Å². The van der Waals surface area contributed by atoms with Gasteiger partial charge in [-0.1, -0.05) is 32.4 Å². The summed E-state index contributed by atoms with van der Waals surface area (Å²) in [6, 6.07) is 1.64. The van der Waals surface area contributed by atoms with Crippen LogP contribution in [0.25, 0.3) is 0 Å². The highest BCUT2D eigenvalue weighted by atomic mass is 16.5. The molecule has 0 bridgehead atoms. The molecule has 1 aromatic heterocycles. The van der Waals surface area contributed by atoms with E-state index >= 15 is 0 Å². The maximum Gasteiger partial charge on any atom is 0.340 e. The number of hydrogen-bond acceptors (Lipinski definition) is 4. The Bertz CT molecular complexity index is 444. The summed E-state index contributed by atoms with van der Waals surface area (Å²) in [5.41, 5.74) is 2.29. The van der Waals surface area contributed by atoms with E-state index in [2.05, 4.69) is 30.7 Å². The monoisotopic (exact) mass is 262 g/mol. The van der Waals surface area contributed by atoms with Crippen molar-refractivity contribution in [3.8, 4) is 0 Å². The van der Waals surface area contributed by atoms with Crippen molar-refractivity contribution in [3.05, 3.63) is 36.2 Å². The molecule has 0 fully saturated rings. The molecular weight excluding hydrogens is 240 g/mol. The van der Waals surface area contributed by atoms with Crippen molar-refractivity contribution in [2.24, 2.45) is 5.92 Å². The highest BCUT2D eigenvalue weighted by molar-refractivity contribution is 5.95. The molecule has 0 saturated carbocycles. The summed E-state index contributed by atoms with van der Waals surface area (Å²) < 4.78 is 4.74. The highest BCUT2D eigenvalue weighted by Gasteiger charge is 2.11. The number of hydrogen-bond donors (Lipinski definition) is 1. The van der Waals surface area contributed by atoms with Crippen molar-refractivity contribution in [2.45, 2.75) is 26.7 Å². The van der Waals surface area contributed by atoms with E-state index in [-0.39, 0.29) is 5.97 Å². The van der Waals surface area contributed by atoms with Gasteiger partial charge >= 0.3 is 5.97 Å². The van der Waals surface area contributed by atoms with Gasteiger partial charge in [-0.2, -0.15) is 0 Å². The molecule has 0 aliphatic rings. The molecule has 0 aliphatic carbocycles. The van der Waals surface area contributed by atoms with Crippen LogP contribution in [0.5, 0.6) is 0 Å². The first-order valence-electron chi connectivity index (χ1n) is 6.51. The molecule has 0 aliphatic heterocycles. The van der Waals surface area contributed by atoms with Crippen molar-refractivity contribution < 1.29 is 9.53 Å². The lowest BCUT2D eigenvalue weighted by Gasteiger charge is -2.14. The van der Waals surface area contributed by atoms with Crippen LogP contribution in [0, 0.1) is 5.92 Å². The van der Waals surface area contributed by atoms with E-state index in [1.807, 2.05) is 0 Å². The molecule has 0 saturated heterocycles. The Balaban J connectivity index is 2.63. The fourth-order valence-corrected chi connectivity index (χ4v) is 1.75. The van der Waals surface area contributed by atoms with Crippen LogP contribution in [-0.2, 0) is 4.74 Å². The second-order valence-corrected chi connectivity index (χ2v) is 4.73. The smallest absolute Gasteiger partial charge is 0.340 e. The Morgan fingerprint density at radius 3 is 2.95 bits per heavy atom. The molecule has 0 aromatic carbocycles. The number of anilines is 1. The summed E-state index contributed by atoms with van der Waals surface area (Å²) in [5, 5.41) is 3.19. The van der Waals surface area contributed by atoms with Crippen molar-refractivity contribution in [3.63, 3.8) is 0 Å². The summed E-state index contributed by atoms with van der Waals surface area (Å²) >= 11 is 0. The number of methoxy groups -OCH3 is 1. The van der Waals surface area contributed by atoms with Gasteiger partial charge in [-0.25, -0.2) is 4.79 Å². The molecular formula is C15H22N2O2. The number of esters is 1. The van der Waals surface area contributed by atoms with Gasteiger partial charge in [0, 0.05) is 12.7 Å². The van der Waals surface area contributed by atoms with E-state index in [1.165, 1.54) is 7.11 Å². The average Bonchev–Trinajstić information content (AvgIpc) is 2.44. The number of ether oxygens (including phenoxy) is 1. The molecule has 0 amide bonds. The van der Waals surface area contributed by atoms with Crippen LogP contribution < -0.4 is 5.32 Å². The molecule has 1 unspecified atom stereocenters. The molecule has 1 heterocycles. The summed E-state index contributed by atoms with van der Waals surface area (Å²) in [6.07, 6.45) is 5.32.